The molecule has 0 spiro atoms. The van der Waals surface area contributed by atoms with Gasteiger partial charge in [-0.05, 0) is 55.1 Å². The van der Waals surface area contributed by atoms with E-state index in [4.69, 9.17) is 0 Å². The predicted octanol–water partition coefficient (Wildman–Crippen LogP) is 3.40. The largest absolute Gasteiger partial charge is 0.423 e. The fourth-order valence-corrected chi connectivity index (χ4v) is 5.84. The molecule has 0 N–H and O–H groups in total. The zero-order chi connectivity index (χ0) is 19.2. The summed E-state index contributed by atoms with van der Waals surface area (Å²) in [5, 5.41) is 10.9. The number of hydrogen-bond acceptors (Lipinski definition) is 4. The van der Waals surface area contributed by atoms with Crippen LogP contribution in [0.15, 0.2) is 18.2 Å². The Bertz CT molecular complexity index is 865. The van der Waals surface area contributed by atoms with E-state index in [2.05, 4.69) is 0 Å². The van der Waals surface area contributed by atoms with Crippen molar-refractivity contribution in [1.29, 1.82) is 0 Å². The molecule has 4 saturated carbocycles. The Balaban J connectivity index is 1.57. The molecular formula is C18H15F3N2O4. The van der Waals surface area contributed by atoms with Gasteiger partial charge in [-0.3, -0.25) is 24.6 Å². The molecule has 5 aliphatic rings. The van der Waals surface area contributed by atoms with E-state index in [1.807, 2.05) is 0 Å². The predicted molar refractivity (Wildman–Crippen MR) is 85.4 cm³/mol. The monoisotopic (exact) mass is 380 g/mol. The molecule has 1 aromatic carbocycles. The van der Waals surface area contributed by atoms with Crippen LogP contribution < -0.4 is 4.90 Å². The van der Waals surface area contributed by atoms with Crippen molar-refractivity contribution in [3.05, 3.63) is 33.9 Å². The van der Waals surface area contributed by atoms with Crippen LogP contribution in [0.25, 0.3) is 0 Å². The van der Waals surface area contributed by atoms with Gasteiger partial charge in [0.2, 0.25) is 11.8 Å². The molecule has 5 fully saturated rings. The number of hydrogen-bond donors (Lipinski definition) is 0. The smallest absolute Gasteiger partial charge is 0.274 e. The number of imide groups is 1. The third-order valence-corrected chi connectivity index (χ3v) is 6.89. The molecule has 0 unspecified atom stereocenters. The number of nitrogens with zero attached hydrogens (tertiary/aromatic N) is 2. The highest BCUT2D eigenvalue weighted by atomic mass is 19.4. The molecule has 1 saturated heterocycles. The molecule has 142 valence electrons. The quantitative estimate of drug-likeness (QED) is 0.447. The maximum atomic E-state index is 13.3. The van der Waals surface area contributed by atoms with Crippen molar-refractivity contribution in [3.63, 3.8) is 0 Å². The second kappa shape index (κ2) is 5.08. The third kappa shape index (κ3) is 2.14. The van der Waals surface area contributed by atoms with E-state index in [0.717, 1.165) is 30.2 Å². The van der Waals surface area contributed by atoms with Crippen molar-refractivity contribution in [1.82, 2.24) is 0 Å². The van der Waals surface area contributed by atoms with Gasteiger partial charge in [0.05, 0.1) is 22.4 Å². The Morgan fingerprint density at radius 2 is 1.56 bits per heavy atom. The van der Waals surface area contributed by atoms with Crippen LogP contribution in [0.1, 0.15) is 24.8 Å². The van der Waals surface area contributed by atoms with Crippen LogP contribution in [-0.4, -0.2) is 16.7 Å². The minimum absolute atomic E-state index is 0.131. The number of fused-ring (bicyclic) bond motifs is 1. The lowest BCUT2D eigenvalue weighted by molar-refractivity contribution is -0.388. The summed E-state index contributed by atoms with van der Waals surface area (Å²) in [5.41, 5.74) is -2.78. The molecule has 6 atom stereocenters. The summed E-state index contributed by atoms with van der Waals surface area (Å²) in [6.45, 7) is 0. The number of rotatable bonds is 2. The highest BCUT2D eigenvalue weighted by Gasteiger charge is 2.68. The lowest BCUT2D eigenvalue weighted by atomic mass is 9.59. The number of alkyl halides is 3. The van der Waals surface area contributed by atoms with Gasteiger partial charge in [0.1, 0.15) is 5.56 Å². The lowest BCUT2D eigenvalue weighted by Crippen LogP contribution is -2.43. The normalized spacial score (nSPS) is 36.6. The molecule has 1 aromatic rings. The van der Waals surface area contributed by atoms with Gasteiger partial charge >= 0.3 is 6.18 Å². The average Bonchev–Trinajstić information content (AvgIpc) is 3.38. The number of carbonyl (C=O) groups excluding carboxylic acids is 2. The van der Waals surface area contributed by atoms with E-state index < -0.39 is 46.0 Å². The van der Waals surface area contributed by atoms with Crippen LogP contribution in [0.2, 0.25) is 0 Å². The minimum atomic E-state index is -4.96. The summed E-state index contributed by atoms with van der Waals surface area (Å²) in [4.78, 5) is 36.6. The standard InChI is InChI=1S/C18H15F3N2O4/c19-18(20,21)12-5-7(1-4-13(12)23(26)27)22-16(24)14-8-2-3-9(11-6-10(8)11)15(14)17(22)25/h1,4-5,8-11,14-15H,2-3,6H2/t8-,9+,10+,11-,14-,15+. The van der Waals surface area contributed by atoms with Crippen molar-refractivity contribution in [2.75, 3.05) is 4.90 Å². The van der Waals surface area contributed by atoms with Crippen molar-refractivity contribution in [2.45, 2.75) is 25.4 Å². The second-order valence-corrected chi connectivity index (χ2v) is 7.99. The first kappa shape index (κ1) is 16.7. The number of amides is 2. The van der Waals surface area contributed by atoms with E-state index in [1.165, 1.54) is 0 Å². The molecule has 9 heteroatoms. The van der Waals surface area contributed by atoms with Gasteiger partial charge in [0.15, 0.2) is 0 Å². The van der Waals surface area contributed by atoms with E-state index in [1.54, 1.807) is 0 Å². The molecular weight excluding hydrogens is 365 g/mol. The highest BCUT2D eigenvalue weighted by molar-refractivity contribution is 6.22. The SMILES string of the molecule is O=C1[C@@H]2[C@@H]3CC[C@@H]([C@H]4C[C@H]43)[C@@H]2C(=O)N1c1ccc([N+](=O)[O-])c(C(F)(F)F)c1. The van der Waals surface area contributed by atoms with Crippen molar-refractivity contribution >= 4 is 23.2 Å². The number of nitro groups is 1. The van der Waals surface area contributed by atoms with Gasteiger partial charge in [-0.15, -0.1) is 0 Å². The van der Waals surface area contributed by atoms with Crippen molar-refractivity contribution in [2.24, 2.45) is 35.5 Å². The van der Waals surface area contributed by atoms with E-state index in [9.17, 15) is 32.9 Å². The maximum Gasteiger partial charge on any atom is 0.423 e. The molecule has 0 aromatic heterocycles. The van der Waals surface area contributed by atoms with Crippen molar-refractivity contribution < 1.29 is 27.7 Å². The number of benzene rings is 1. The molecule has 1 heterocycles. The number of carbonyl (C=O) groups is 2. The molecule has 27 heavy (non-hydrogen) atoms. The van der Waals surface area contributed by atoms with Gasteiger partial charge in [-0.2, -0.15) is 13.2 Å². The van der Waals surface area contributed by atoms with Gasteiger partial charge in [0.25, 0.3) is 5.69 Å². The van der Waals surface area contributed by atoms with Gasteiger partial charge in [-0.25, -0.2) is 0 Å². The summed E-state index contributed by atoms with van der Waals surface area (Å²) in [7, 11) is 0. The van der Waals surface area contributed by atoms with Gasteiger partial charge in [-0.1, -0.05) is 0 Å². The maximum absolute atomic E-state index is 13.3. The molecule has 2 amide bonds. The molecule has 6 rings (SSSR count). The first-order valence-electron chi connectivity index (χ1n) is 8.93. The molecule has 6 nitrogen and oxygen atoms in total. The topological polar surface area (TPSA) is 80.5 Å². The van der Waals surface area contributed by atoms with Crippen LogP contribution in [-0.2, 0) is 15.8 Å². The molecule has 1 aliphatic heterocycles. The Morgan fingerprint density at radius 3 is 2.04 bits per heavy atom. The van der Waals surface area contributed by atoms with E-state index in [0.29, 0.717) is 24.0 Å². The second-order valence-electron chi connectivity index (χ2n) is 7.99. The number of nitro benzene ring substituents is 1. The van der Waals surface area contributed by atoms with Crippen LogP contribution in [0.3, 0.4) is 0 Å². The molecule has 0 radical (unpaired) electrons. The molecule has 2 bridgehead atoms. The van der Waals surface area contributed by atoms with Crippen LogP contribution in [0.5, 0.6) is 0 Å². The highest BCUT2D eigenvalue weighted by Crippen LogP contribution is 2.68. The van der Waals surface area contributed by atoms with Crippen LogP contribution in [0.4, 0.5) is 24.5 Å². The number of anilines is 1. The summed E-state index contributed by atoms with van der Waals surface area (Å²) >= 11 is 0. The van der Waals surface area contributed by atoms with Gasteiger partial charge in [0, 0.05) is 6.07 Å². The summed E-state index contributed by atoms with van der Waals surface area (Å²) < 4.78 is 39.8. The van der Waals surface area contributed by atoms with E-state index >= 15 is 0 Å². The zero-order valence-electron chi connectivity index (χ0n) is 14.0. The fraction of sp³-hybridized carbons (Fsp3) is 0.556. The zero-order valence-corrected chi connectivity index (χ0v) is 14.0. The Labute approximate surface area is 151 Å². The van der Waals surface area contributed by atoms with Crippen LogP contribution in [0, 0.1) is 45.6 Å². The summed E-state index contributed by atoms with van der Waals surface area (Å²) in [6, 6.07) is 2.32. The first-order valence-corrected chi connectivity index (χ1v) is 8.93. The number of halogens is 3. The van der Waals surface area contributed by atoms with E-state index in [-0.39, 0.29) is 17.5 Å². The summed E-state index contributed by atoms with van der Waals surface area (Å²) in [5.74, 6) is -0.625. The summed E-state index contributed by atoms with van der Waals surface area (Å²) in [6.07, 6.45) is -2.15. The Hall–Kier alpha value is -2.45. The van der Waals surface area contributed by atoms with Crippen LogP contribution >= 0.6 is 0 Å². The third-order valence-electron chi connectivity index (χ3n) is 6.89. The van der Waals surface area contributed by atoms with Crippen molar-refractivity contribution in [3.8, 4) is 0 Å². The first-order chi connectivity index (χ1) is 12.7. The lowest BCUT2D eigenvalue weighted by Gasteiger charge is -2.42. The fourth-order valence-electron chi connectivity index (χ4n) is 5.84. The van der Waals surface area contributed by atoms with Gasteiger partial charge < -0.3 is 0 Å². The average molecular weight is 380 g/mol. The Morgan fingerprint density at radius 1 is 1.00 bits per heavy atom. The molecule has 4 aliphatic carbocycles. The Kier molecular flexibility index (Phi) is 3.14. The minimum Gasteiger partial charge on any atom is -0.274 e.